The highest BCUT2D eigenvalue weighted by Crippen LogP contribution is 2.28. The van der Waals surface area contributed by atoms with Gasteiger partial charge in [-0.25, -0.2) is 4.98 Å². The topological polar surface area (TPSA) is 68.3 Å². The molecule has 3 aromatic rings. The Balaban J connectivity index is 1.74. The number of nitrogens with zero attached hydrogens (tertiary/aromatic N) is 2. The molecule has 0 unspecified atom stereocenters. The number of hydrogen-bond donors (Lipinski definition) is 2. The van der Waals surface area contributed by atoms with Crippen molar-refractivity contribution in [1.29, 1.82) is 0 Å². The summed E-state index contributed by atoms with van der Waals surface area (Å²) in [6, 6.07) is 15.2. The predicted molar refractivity (Wildman–Crippen MR) is 108 cm³/mol. The maximum atomic E-state index is 6.20. The molecule has 140 valence electrons. The maximum absolute atomic E-state index is 6.20. The zero-order valence-electron chi connectivity index (χ0n) is 15.4. The van der Waals surface area contributed by atoms with Crippen LogP contribution in [-0.2, 0) is 6.54 Å². The summed E-state index contributed by atoms with van der Waals surface area (Å²) in [5.74, 6) is 2.58. The van der Waals surface area contributed by atoms with Gasteiger partial charge in [-0.2, -0.15) is 4.98 Å². The van der Waals surface area contributed by atoms with Gasteiger partial charge >= 0.3 is 0 Å². The lowest BCUT2D eigenvalue weighted by Crippen LogP contribution is -2.06. The van der Waals surface area contributed by atoms with Gasteiger partial charge in [-0.15, -0.1) is 0 Å². The molecule has 0 spiro atoms. The minimum Gasteiger partial charge on any atom is -0.493 e. The first-order valence-corrected chi connectivity index (χ1v) is 8.79. The van der Waals surface area contributed by atoms with Gasteiger partial charge in [0.2, 0.25) is 5.95 Å². The lowest BCUT2D eigenvalue weighted by molar-refractivity contribution is 0.354. The largest absolute Gasteiger partial charge is 0.493 e. The van der Waals surface area contributed by atoms with Crippen LogP contribution in [-0.4, -0.2) is 24.2 Å². The second-order valence-corrected chi connectivity index (χ2v) is 6.27. The van der Waals surface area contributed by atoms with Crippen molar-refractivity contribution < 1.29 is 9.47 Å². The van der Waals surface area contributed by atoms with Gasteiger partial charge in [0.05, 0.1) is 24.9 Å². The SMILES string of the molecule is COc1ccc(CNc2nc(C)cc(Nc3ccccc3Cl)n2)cc1OC. The summed E-state index contributed by atoms with van der Waals surface area (Å²) in [6.07, 6.45) is 0. The predicted octanol–water partition coefficient (Wildman–Crippen LogP) is 4.81. The number of aryl methyl sites for hydroxylation is 1. The van der Waals surface area contributed by atoms with Gasteiger partial charge < -0.3 is 20.1 Å². The Morgan fingerprint density at radius 3 is 2.48 bits per heavy atom. The lowest BCUT2D eigenvalue weighted by Gasteiger charge is -2.12. The first-order chi connectivity index (χ1) is 13.1. The summed E-state index contributed by atoms with van der Waals surface area (Å²) in [5.41, 5.74) is 2.66. The Bertz CT molecular complexity index is 934. The molecule has 2 aromatic carbocycles. The highest BCUT2D eigenvalue weighted by Gasteiger charge is 2.07. The summed E-state index contributed by atoms with van der Waals surface area (Å²) in [6.45, 7) is 2.47. The molecule has 1 aromatic heterocycles. The molecule has 0 radical (unpaired) electrons. The summed E-state index contributed by atoms with van der Waals surface area (Å²) in [4.78, 5) is 8.95. The highest BCUT2D eigenvalue weighted by atomic mass is 35.5. The number of nitrogens with one attached hydrogen (secondary N) is 2. The molecule has 0 aliphatic heterocycles. The summed E-state index contributed by atoms with van der Waals surface area (Å²) in [5, 5.41) is 7.10. The van der Waals surface area contributed by atoms with E-state index in [1.54, 1.807) is 14.2 Å². The molecule has 0 fully saturated rings. The second kappa shape index (κ2) is 8.60. The molecule has 27 heavy (non-hydrogen) atoms. The average Bonchev–Trinajstić information content (AvgIpc) is 2.67. The molecule has 0 atom stereocenters. The number of rotatable bonds is 7. The maximum Gasteiger partial charge on any atom is 0.225 e. The number of benzene rings is 2. The molecule has 6 nitrogen and oxygen atoms in total. The van der Waals surface area contributed by atoms with E-state index in [-0.39, 0.29) is 0 Å². The van der Waals surface area contributed by atoms with Crippen LogP contribution in [0.3, 0.4) is 0 Å². The average molecular weight is 385 g/mol. The van der Waals surface area contributed by atoms with Crippen molar-refractivity contribution in [1.82, 2.24) is 9.97 Å². The molecule has 0 aliphatic carbocycles. The minimum atomic E-state index is 0.527. The number of anilines is 3. The van der Waals surface area contributed by atoms with E-state index in [4.69, 9.17) is 21.1 Å². The van der Waals surface area contributed by atoms with Crippen LogP contribution in [0.2, 0.25) is 5.02 Å². The number of methoxy groups -OCH3 is 2. The summed E-state index contributed by atoms with van der Waals surface area (Å²) in [7, 11) is 3.23. The van der Waals surface area contributed by atoms with Crippen LogP contribution < -0.4 is 20.1 Å². The van der Waals surface area contributed by atoms with E-state index >= 15 is 0 Å². The third-order valence-corrected chi connectivity index (χ3v) is 4.22. The molecule has 2 N–H and O–H groups in total. The zero-order valence-corrected chi connectivity index (χ0v) is 16.2. The standard InChI is InChI=1S/C20H21ClN4O2/c1-13-10-19(24-16-7-5-4-6-15(16)21)25-20(23-13)22-12-14-8-9-17(26-2)18(11-14)27-3/h4-11H,12H2,1-3H3,(H2,22,23,24,25). The van der Waals surface area contributed by atoms with Crippen LogP contribution >= 0.6 is 11.6 Å². The number of aromatic nitrogens is 2. The third-order valence-electron chi connectivity index (χ3n) is 3.89. The zero-order chi connectivity index (χ0) is 19.2. The van der Waals surface area contributed by atoms with Gasteiger partial charge in [-0.05, 0) is 36.8 Å². The fourth-order valence-corrected chi connectivity index (χ4v) is 2.77. The number of ether oxygens (including phenoxy) is 2. The fraction of sp³-hybridized carbons (Fsp3) is 0.200. The van der Waals surface area contributed by atoms with Gasteiger partial charge in [-0.3, -0.25) is 0 Å². The smallest absolute Gasteiger partial charge is 0.225 e. The van der Waals surface area contributed by atoms with Crippen LogP contribution in [0.15, 0.2) is 48.5 Å². The van der Waals surface area contributed by atoms with Crippen molar-refractivity contribution >= 4 is 29.1 Å². The third kappa shape index (κ3) is 4.80. The fourth-order valence-electron chi connectivity index (χ4n) is 2.58. The number of para-hydroxylation sites is 1. The first-order valence-electron chi connectivity index (χ1n) is 8.41. The molecule has 0 amide bonds. The van der Waals surface area contributed by atoms with E-state index in [1.807, 2.05) is 55.5 Å². The Kier molecular flexibility index (Phi) is 5.98. The van der Waals surface area contributed by atoms with E-state index in [0.717, 1.165) is 16.9 Å². The van der Waals surface area contributed by atoms with Crippen molar-refractivity contribution in [3.63, 3.8) is 0 Å². The quantitative estimate of drug-likeness (QED) is 0.609. The summed E-state index contributed by atoms with van der Waals surface area (Å²) >= 11 is 6.20. The number of halogens is 1. The Hall–Kier alpha value is -2.99. The molecule has 0 saturated carbocycles. The molecular weight excluding hydrogens is 364 g/mol. The molecule has 1 heterocycles. The first kappa shape index (κ1) is 18.8. The number of hydrogen-bond acceptors (Lipinski definition) is 6. The summed E-state index contributed by atoms with van der Waals surface area (Å²) < 4.78 is 10.6. The molecule has 7 heteroatoms. The molecule has 0 saturated heterocycles. The molecule has 0 bridgehead atoms. The van der Waals surface area contributed by atoms with Crippen molar-refractivity contribution in [3.05, 3.63) is 64.8 Å². The van der Waals surface area contributed by atoms with E-state index < -0.39 is 0 Å². The van der Waals surface area contributed by atoms with Crippen LogP contribution in [0, 0.1) is 6.92 Å². The molecule has 3 rings (SSSR count). The van der Waals surface area contributed by atoms with E-state index in [1.165, 1.54) is 0 Å². The van der Waals surface area contributed by atoms with Gasteiger partial charge in [0, 0.05) is 18.3 Å². The van der Waals surface area contributed by atoms with E-state index in [9.17, 15) is 0 Å². The van der Waals surface area contributed by atoms with Crippen LogP contribution in [0.4, 0.5) is 17.5 Å². The minimum absolute atomic E-state index is 0.527. The molecule has 0 aliphatic rings. The van der Waals surface area contributed by atoms with Crippen molar-refractivity contribution in [2.45, 2.75) is 13.5 Å². The van der Waals surface area contributed by atoms with Gasteiger partial charge in [0.25, 0.3) is 0 Å². The Labute approximate surface area is 163 Å². The van der Waals surface area contributed by atoms with Gasteiger partial charge in [0.15, 0.2) is 11.5 Å². The normalized spacial score (nSPS) is 10.4. The second-order valence-electron chi connectivity index (χ2n) is 5.87. The van der Waals surface area contributed by atoms with Crippen LogP contribution in [0.5, 0.6) is 11.5 Å². The van der Waals surface area contributed by atoms with Gasteiger partial charge in [0.1, 0.15) is 5.82 Å². The monoisotopic (exact) mass is 384 g/mol. The highest BCUT2D eigenvalue weighted by molar-refractivity contribution is 6.33. The van der Waals surface area contributed by atoms with E-state index in [2.05, 4.69) is 20.6 Å². The van der Waals surface area contributed by atoms with Crippen molar-refractivity contribution in [2.75, 3.05) is 24.9 Å². The lowest BCUT2D eigenvalue weighted by atomic mass is 10.2. The Morgan fingerprint density at radius 1 is 0.963 bits per heavy atom. The van der Waals surface area contributed by atoms with E-state index in [0.29, 0.717) is 34.8 Å². The van der Waals surface area contributed by atoms with Crippen LogP contribution in [0.1, 0.15) is 11.3 Å². The Morgan fingerprint density at radius 2 is 1.74 bits per heavy atom. The van der Waals surface area contributed by atoms with Gasteiger partial charge in [-0.1, -0.05) is 29.8 Å². The van der Waals surface area contributed by atoms with Crippen LogP contribution in [0.25, 0.3) is 0 Å². The molecular formula is C20H21ClN4O2. The van der Waals surface area contributed by atoms with Crippen molar-refractivity contribution in [2.24, 2.45) is 0 Å². The van der Waals surface area contributed by atoms with Crippen molar-refractivity contribution in [3.8, 4) is 11.5 Å².